The first-order valence-electron chi connectivity index (χ1n) is 6.23. The first kappa shape index (κ1) is 13.5. The van der Waals surface area contributed by atoms with E-state index in [0.717, 1.165) is 19.6 Å². The predicted octanol–water partition coefficient (Wildman–Crippen LogP) is 0.869. The first-order valence-corrected chi connectivity index (χ1v) is 6.23. The molecule has 0 aliphatic carbocycles. The van der Waals surface area contributed by atoms with Gasteiger partial charge in [0.1, 0.15) is 0 Å². The van der Waals surface area contributed by atoms with Crippen LogP contribution in [-0.4, -0.2) is 50.2 Å². The highest BCUT2D eigenvalue weighted by atomic mass is 16.5. The molecule has 2 atom stereocenters. The Labute approximate surface area is 98.3 Å². The molecule has 0 saturated carbocycles. The molecule has 4 heteroatoms. The molecule has 0 aromatic heterocycles. The SMILES string of the molecule is CCOC(=O)C(C)CN1CCCC(NC)C1. The summed E-state index contributed by atoms with van der Waals surface area (Å²) in [5.74, 6) is -0.0929. The monoisotopic (exact) mass is 228 g/mol. The number of esters is 1. The molecule has 0 aromatic carbocycles. The summed E-state index contributed by atoms with van der Waals surface area (Å²) in [6, 6.07) is 0.572. The van der Waals surface area contributed by atoms with Gasteiger partial charge in [-0.15, -0.1) is 0 Å². The van der Waals surface area contributed by atoms with Crippen molar-refractivity contribution in [3.05, 3.63) is 0 Å². The molecule has 1 N–H and O–H groups in total. The fourth-order valence-corrected chi connectivity index (χ4v) is 2.20. The lowest BCUT2D eigenvalue weighted by molar-refractivity contribution is -0.148. The molecule has 1 heterocycles. The zero-order chi connectivity index (χ0) is 12.0. The van der Waals surface area contributed by atoms with E-state index in [2.05, 4.69) is 10.2 Å². The van der Waals surface area contributed by atoms with E-state index in [1.807, 2.05) is 20.9 Å². The summed E-state index contributed by atoms with van der Waals surface area (Å²) in [6.07, 6.45) is 2.45. The number of carbonyl (C=O) groups is 1. The second-order valence-corrected chi connectivity index (χ2v) is 4.54. The van der Waals surface area contributed by atoms with Crippen molar-refractivity contribution in [3.8, 4) is 0 Å². The lowest BCUT2D eigenvalue weighted by Gasteiger charge is -2.33. The number of likely N-dealkylation sites (tertiary alicyclic amines) is 1. The van der Waals surface area contributed by atoms with Crippen LogP contribution in [0.1, 0.15) is 26.7 Å². The lowest BCUT2D eigenvalue weighted by atomic mass is 10.0. The third-order valence-electron chi connectivity index (χ3n) is 3.13. The van der Waals surface area contributed by atoms with Crippen molar-refractivity contribution in [1.29, 1.82) is 0 Å². The minimum absolute atomic E-state index is 0.0180. The predicted molar refractivity (Wildman–Crippen MR) is 64.3 cm³/mol. The molecule has 4 nitrogen and oxygen atoms in total. The zero-order valence-electron chi connectivity index (χ0n) is 10.7. The van der Waals surface area contributed by atoms with Crippen LogP contribution in [0.3, 0.4) is 0 Å². The number of rotatable bonds is 5. The second-order valence-electron chi connectivity index (χ2n) is 4.54. The Balaban J connectivity index is 2.32. The summed E-state index contributed by atoms with van der Waals surface area (Å²) in [7, 11) is 2.00. The third kappa shape index (κ3) is 4.10. The van der Waals surface area contributed by atoms with Gasteiger partial charge in [-0.05, 0) is 33.4 Å². The van der Waals surface area contributed by atoms with Gasteiger partial charge in [-0.1, -0.05) is 6.92 Å². The van der Waals surface area contributed by atoms with Crippen LogP contribution in [0.2, 0.25) is 0 Å². The summed E-state index contributed by atoms with van der Waals surface area (Å²) >= 11 is 0. The van der Waals surface area contributed by atoms with Crippen LogP contribution in [0.4, 0.5) is 0 Å². The van der Waals surface area contributed by atoms with Gasteiger partial charge in [0.25, 0.3) is 0 Å². The van der Waals surface area contributed by atoms with E-state index < -0.39 is 0 Å². The number of hydrogen-bond donors (Lipinski definition) is 1. The molecular weight excluding hydrogens is 204 g/mol. The Morgan fingerprint density at radius 3 is 3.00 bits per heavy atom. The average Bonchev–Trinajstić information content (AvgIpc) is 2.29. The van der Waals surface area contributed by atoms with E-state index in [1.165, 1.54) is 12.8 Å². The first-order chi connectivity index (χ1) is 7.67. The van der Waals surface area contributed by atoms with E-state index in [1.54, 1.807) is 0 Å². The molecule has 1 aliphatic rings. The van der Waals surface area contributed by atoms with Crippen LogP contribution in [0.25, 0.3) is 0 Å². The minimum atomic E-state index is -0.0749. The molecule has 1 rings (SSSR count). The number of hydrogen-bond acceptors (Lipinski definition) is 4. The van der Waals surface area contributed by atoms with E-state index in [-0.39, 0.29) is 11.9 Å². The number of likely N-dealkylation sites (N-methyl/N-ethyl adjacent to an activating group) is 1. The van der Waals surface area contributed by atoms with Gasteiger partial charge in [-0.3, -0.25) is 4.79 Å². The molecule has 1 aliphatic heterocycles. The molecule has 0 radical (unpaired) electrons. The molecule has 2 unspecified atom stereocenters. The van der Waals surface area contributed by atoms with E-state index in [9.17, 15) is 4.79 Å². The highest BCUT2D eigenvalue weighted by molar-refractivity contribution is 5.72. The Kier molecular flexibility index (Phi) is 5.77. The molecule has 0 amide bonds. The van der Waals surface area contributed by atoms with Gasteiger partial charge < -0.3 is 15.0 Å². The van der Waals surface area contributed by atoms with Gasteiger partial charge in [-0.25, -0.2) is 0 Å². The maximum atomic E-state index is 11.5. The van der Waals surface area contributed by atoms with Gasteiger partial charge in [0.05, 0.1) is 12.5 Å². The molecule has 0 spiro atoms. The lowest BCUT2D eigenvalue weighted by Crippen LogP contribution is -2.46. The highest BCUT2D eigenvalue weighted by Gasteiger charge is 2.23. The van der Waals surface area contributed by atoms with Gasteiger partial charge in [-0.2, -0.15) is 0 Å². The Morgan fingerprint density at radius 2 is 2.38 bits per heavy atom. The molecule has 1 fully saturated rings. The average molecular weight is 228 g/mol. The van der Waals surface area contributed by atoms with Gasteiger partial charge >= 0.3 is 5.97 Å². The van der Waals surface area contributed by atoms with Crippen LogP contribution in [0.5, 0.6) is 0 Å². The third-order valence-corrected chi connectivity index (χ3v) is 3.13. The normalized spacial score (nSPS) is 24.1. The number of nitrogens with one attached hydrogen (secondary N) is 1. The number of carbonyl (C=O) groups excluding carboxylic acids is 1. The van der Waals surface area contributed by atoms with Crippen molar-refractivity contribution in [2.24, 2.45) is 5.92 Å². The van der Waals surface area contributed by atoms with Crippen LogP contribution < -0.4 is 5.32 Å². The summed E-state index contributed by atoms with van der Waals surface area (Å²) in [5, 5.41) is 3.30. The van der Waals surface area contributed by atoms with Crippen LogP contribution in [0.15, 0.2) is 0 Å². The minimum Gasteiger partial charge on any atom is -0.466 e. The van der Waals surface area contributed by atoms with E-state index in [4.69, 9.17) is 4.74 Å². The Hall–Kier alpha value is -0.610. The van der Waals surface area contributed by atoms with E-state index in [0.29, 0.717) is 12.6 Å². The second kappa shape index (κ2) is 6.86. The molecule has 16 heavy (non-hydrogen) atoms. The maximum Gasteiger partial charge on any atom is 0.309 e. The summed E-state index contributed by atoms with van der Waals surface area (Å²) in [6.45, 7) is 7.23. The molecule has 1 saturated heterocycles. The summed E-state index contributed by atoms with van der Waals surface area (Å²) in [5.41, 5.74) is 0. The molecule has 0 bridgehead atoms. The fourth-order valence-electron chi connectivity index (χ4n) is 2.20. The quantitative estimate of drug-likeness (QED) is 0.709. The van der Waals surface area contributed by atoms with Gasteiger partial charge in [0.2, 0.25) is 0 Å². The Bertz CT molecular complexity index is 221. The number of nitrogens with zero attached hydrogens (tertiary/aromatic N) is 1. The Morgan fingerprint density at radius 1 is 1.62 bits per heavy atom. The number of piperidine rings is 1. The standard InChI is InChI=1S/C12H24N2O2/c1-4-16-12(15)10(2)8-14-7-5-6-11(9-14)13-3/h10-11,13H,4-9H2,1-3H3. The van der Waals surface area contributed by atoms with E-state index >= 15 is 0 Å². The fraction of sp³-hybridized carbons (Fsp3) is 0.917. The molecular formula is C12H24N2O2. The smallest absolute Gasteiger partial charge is 0.309 e. The van der Waals surface area contributed by atoms with Crippen molar-refractivity contribution in [2.45, 2.75) is 32.7 Å². The summed E-state index contributed by atoms with van der Waals surface area (Å²) < 4.78 is 5.02. The summed E-state index contributed by atoms with van der Waals surface area (Å²) in [4.78, 5) is 13.9. The molecule has 94 valence electrons. The van der Waals surface area contributed by atoms with Gasteiger partial charge in [0, 0.05) is 19.1 Å². The van der Waals surface area contributed by atoms with Crippen molar-refractivity contribution in [3.63, 3.8) is 0 Å². The van der Waals surface area contributed by atoms with Gasteiger partial charge in [0.15, 0.2) is 0 Å². The highest BCUT2D eigenvalue weighted by Crippen LogP contribution is 2.12. The van der Waals surface area contributed by atoms with Crippen LogP contribution in [0, 0.1) is 5.92 Å². The van der Waals surface area contributed by atoms with Crippen LogP contribution in [-0.2, 0) is 9.53 Å². The topological polar surface area (TPSA) is 41.6 Å². The number of ether oxygens (including phenoxy) is 1. The van der Waals surface area contributed by atoms with Crippen molar-refractivity contribution in [1.82, 2.24) is 10.2 Å². The zero-order valence-corrected chi connectivity index (χ0v) is 10.7. The van der Waals surface area contributed by atoms with Crippen molar-refractivity contribution in [2.75, 3.05) is 33.3 Å². The van der Waals surface area contributed by atoms with Crippen molar-refractivity contribution < 1.29 is 9.53 Å². The molecule has 0 aromatic rings. The maximum absolute atomic E-state index is 11.5. The van der Waals surface area contributed by atoms with Crippen molar-refractivity contribution >= 4 is 5.97 Å². The van der Waals surface area contributed by atoms with Crippen LogP contribution >= 0.6 is 0 Å². The largest absolute Gasteiger partial charge is 0.466 e.